The Morgan fingerprint density at radius 2 is 2.07 bits per heavy atom. The van der Waals surface area contributed by atoms with Gasteiger partial charge in [0.2, 0.25) is 0 Å². The largest absolute Gasteiger partial charge is 0.286 e. The summed E-state index contributed by atoms with van der Waals surface area (Å²) >= 11 is 5.99. The highest BCUT2D eigenvalue weighted by molar-refractivity contribution is 6.33. The third-order valence-corrected chi connectivity index (χ3v) is 2.69. The van der Waals surface area contributed by atoms with Gasteiger partial charge < -0.3 is 0 Å². The van der Waals surface area contributed by atoms with Gasteiger partial charge in [0.25, 0.3) is 0 Å². The smallest absolute Gasteiger partial charge is 0.127 e. The van der Waals surface area contributed by atoms with Crippen LogP contribution in [0.1, 0.15) is 12.8 Å². The lowest BCUT2D eigenvalue weighted by molar-refractivity contribution is 0.905. The molecule has 0 bridgehead atoms. The van der Waals surface area contributed by atoms with Gasteiger partial charge >= 0.3 is 0 Å². The molecule has 2 N–H and O–H groups in total. The number of hydrogen-bond acceptors (Lipinski definition) is 3. The number of hydrogen-bond donors (Lipinski definition) is 2. The molecule has 0 aliphatic heterocycles. The van der Waals surface area contributed by atoms with Crippen molar-refractivity contribution in [2.45, 2.75) is 12.8 Å². The van der Waals surface area contributed by atoms with E-state index in [1.807, 2.05) is 12.1 Å². The fourth-order valence-electron chi connectivity index (χ4n) is 1.39. The summed E-state index contributed by atoms with van der Waals surface area (Å²) in [7, 11) is 0. The standard InChI is InChI=1S/C10H11ClN4/c11-8-3-1-2-4-9(8)15(14-13)10(12)7-5-6-7/h1-4,7,12-13H,5-6H2. The Balaban J connectivity index is 2.29. The van der Waals surface area contributed by atoms with Crippen molar-refractivity contribution in [1.82, 2.24) is 0 Å². The Bertz CT molecular complexity index is 400. The molecule has 0 unspecified atom stereocenters. The summed E-state index contributed by atoms with van der Waals surface area (Å²) in [5.74, 6) is 0.605. The summed E-state index contributed by atoms with van der Waals surface area (Å²) < 4.78 is 0. The first-order chi connectivity index (χ1) is 7.24. The van der Waals surface area contributed by atoms with Crippen molar-refractivity contribution >= 4 is 23.1 Å². The second-order valence-corrected chi connectivity index (χ2v) is 3.93. The summed E-state index contributed by atoms with van der Waals surface area (Å²) in [6.07, 6.45) is 2.02. The van der Waals surface area contributed by atoms with Gasteiger partial charge in [-0.15, -0.1) is 0 Å². The molecule has 1 aromatic carbocycles. The highest BCUT2D eigenvalue weighted by atomic mass is 35.5. The molecule has 0 atom stereocenters. The van der Waals surface area contributed by atoms with Crippen LogP contribution in [-0.4, -0.2) is 5.84 Å². The van der Waals surface area contributed by atoms with Gasteiger partial charge in [-0.1, -0.05) is 29.0 Å². The fraction of sp³-hybridized carbons (Fsp3) is 0.300. The quantitative estimate of drug-likeness (QED) is 0.350. The predicted octanol–water partition coefficient (Wildman–Crippen LogP) is 3.48. The molecular formula is C10H11ClN4. The van der Waals surface area contributed by atoms with E-state index in [1.54, 1.807) is 12.1 Å². The van der Waals surface area contributed by atoms with Gasteiger partial charge in [0.15, 0.2) is 0 Å². The lowest BCUT2D eigenvalue weighted by Gasteiger charge is -2.18. The molecule has 1 saturated carbocycles. The van der Waals surface area contributed by atoms with E-state index in [0.717, 1.165) is 12.8 Å². The number of anilines is 1. The minimum atomic E-state index is 0.246. The maximum absolute atomic E-state index is 7.85. The topological polar surface area (TPSA) is 63.3 Å². The Morgan fingerprint density at radius 1 is 1.40 bits per heavy atom. The molecule has 1 aromatic rings. The molecule has 0 spiro atoms. The maximum Gasteiger partial charge on any atom is 0.127 e. The van der Waals surface area contributed by atoms with Crippen molar-refractivity contribution in [2.24, 2.45) is 11.1 Å². The van der Waals surface area contributed by atoms with Crippen LogP contribution in [0.5, 0.6) is 0 Å². The molecule has 15 heavy (non-hydrogen) atoms. The zero-order valence-electron chi connectivity index (χ0n) is 8.07. The number of amidine groups is 1. The van der Waals surface area contributed by atoms with Gasteiger partial charge in [-0.25, -0.2) is 5.01 Å². The Hall–Kier alpha value is -1.42. The summed E-state index contributed by atoms with van der Waals surface area (Å²) in [5, 5.41) is 13.0. The van der Waals surface area contributed by atoms with Gasteiger partial charge in [-0.05, 0) is 25.0 Å². The molecule has 4 nitrogen and oxygen atoms in total. The Kier molecular flexibility index (Phi) is 2.68. The van der Waals surface area contributed by atoms with Crippen LogP contribution in [0, 0.1) is 16.9 Å². The molecule has 0 amide bonds. The first-order valence-electron chi connectivity index (χ1n) is 4.74. The van der Waals surface area contributed by atoms with Gasteiger partial charge in [0, 0.05) is 5.92 Å². The van der Waals surface area contributed by atoms with E-state index in [9.17, 15) is 0 Å². The Morgan fingerprint density at radius 3 is 2.60 bits per heavy atom. The van der Waals surface area contributed by atoms with Crippen molar-refractivity contribution in [3.05, 3.63) is 29.3 Å². The molecule has 0 saturated heterocycles. The monoisotopic (exact) mass is 222 g/mol. The number of halogens is 1. The minimum Gasteiger partial charge on any atom is -0.286 e. The maximum atomic E-state index is 7.85. The van der Waals surface area contributed by atoms with Crippen LogP contribution in [0.3, 0.4) is 0 Å². The van der Waals surface area contributed by atoms with Crippen LogP contribution in [0.2, 0.25) is 5.02 Å². The highest BCUT2D eigenvalue weighted by Crippen LogP contribution is 2.35. The second-order valence-electron chi connectivity index (χ2n) is 3.52. The van der Waals surface area contributed by atoms with E-state index < -0.39 is 0 Å². The lowest BCUT2D eigenvalue weighted by Crippen LogP contribution is -2.25. The molecule has 0 radical (unpaired) electrons. The number of nitrogens with zero attached hydrogens (tertiary/aromatic N) is 2. The number of nitrogens with one attached hydrogen (secondary N) is 2. The normalized spacial score (nSPS) is 14.7. The third-order valence-electron chi connectivity index (χ3n) is 2.37. The van der Waals surface area contributed by atoms with Gasteiger partial charge in [-0.3, -0.25) is 5.41 Å². The number of para-hydroxylation sites is 1. The number of rotatable bonds is 3. The predicted molar refractivity (Wildman–Crippen MR) is 59.5 cm³/mol. The minimum absolute atomic E-state index is 0.246. The molecule has 0 heterocycles. The van der Waals surface area contributed by atoms with Crippen molar-refractivity contribution in [3.63, 3.8) is 0 Å². The van der Waals surface area contributed by atoms with Crippen molar-refractivity contribution in [1.29, 1.82) is 10.9 Å². The first-order valence-corrected chi connectivity index (χ1v) is 5.12. The highest BCUT2D eigenvalue weighted by Gasteiger charge is 2.31. The fourth-order valence-corrected chi connectivity index (χ4v) is 1.61. The van der Waals surface area contributed by atoms with Crippen molar-refractivity contribution < 1.29 is 0 Å². The second kappa shape index (κ2) is 3.98. The summed E-state index contributed by atoms with van der Waals surface area (Å²) in [5.41, 5.74) is 7.70. The third kappa shape index (κ3) is 1.99. The van der Waals surface area contributed by atoms with Crippen LogP contribution in [0.4, 0.5) is 5.69 Å². The zero-order valence-corrected chi connectivity index (χ0v) is 8.83. The molecule has 2 rings (SSSR count). The van der Waals surface area contributed by atoms with Crippen LogP contribution >= 0.6 is 11.6 Å². The zero-order chi connectivity index (χ0) is 10.8. The first kappa shape index (κ1) is 10.1. The average molecular weight is 223 g/mol. The van der Waals surface area contributed by atoms with E-state index in [1.165, 1.54) is 5.01 Å². The van der Waals surface area contributed by atoms with Crippen molar-refractivity contribution in [3.8, 4) is 0 Å². The summed E-state index contributed by atoms with van der Waals surface area (Å²) in [4.78, 5) is 0. The summed E-state index contributed by atoms with van der Waals surface area (Å²) in [6.45, 7) is 0. The van der Waals surface area contributed by atoms with Crippen LogP contribution in [-0.2, 0) is 0 Å². The number of benzene rings is 1. The van der Waals surface area contributed by atoms with E-state index in [-0.39, 0.29) is 5.92 Å². The molecule has 1 aliphatic rings. The molecule has 1 fully saturated rings. The lowest BCUT2D eigenvalue weighted by atomic mass is 10.3. The van der Waals surface area contributed by atoms with E-state index in [4.69, 9.17) is 22.5 Å². The van der Waals surface area contributed by atoms with Gasteiger partial charge in [0.1, 0.15) is 5.84 Å². The van der Waals surface area contributed by atoms with E-state index >= 15 is 0 Å². The summed E-state index contributed by atoms with van der Waals surface area (Å²) in [6, 6.07) is 7.13. The van der Waals surface area contributed by atoms with Gasteiger partial charge in [-0.2, -0.15) is 5.53 Å². The molecule has 78 valence electrons. The van der Waals surface area contributed by atoms with Crippen molar-refractivity contribution in [2.75, 3.05) is 5.01 Å². The van der Waals surface area contributed by atoms with Crippen LogP contribution in [0.25, 0.3) is 0 Å². The van der Waals surface area contributed by atoms with Crippen LogP contribution in [0.15, 0.2) is 29.5 Å². The molecular weight excluding hydrogens is 212 g/mol. The average Bonchev–Trinajstić information content (AvgIpc) is 3.05. The molecule has 0 aromatic heterocycles. The SMILES string of the molecule is N=NN(C(=N)C1CC1)c1ccccc1Cl. The van der Waals surface area contributed by atoms with Crippen LogP contribution < -0.4 is 5.01 Å². The van der Waals surface area contributed by atoms with E-state index in [0.29, 0.717) is 16.5 Å². The molecule has 5 heteroatoms. The van der Waals surface area contributed by atoms with Gasteiger partial charge in [0.05, 0.1) is 10.7 Å². The molecule has 1 aliphatic carbocycles. The van der Waals surface area contributed by atoms with E-state index in [2.05, 4.69) is 5.22 Å². The Labute approximate surface area is 92.8 Å².